The van der Waals surface area contributed by atoms with E-state index in [1.807, 2.05) is 52.8 Å². The SMILES string of the molecule is Cl.O=C(C=Cc1cccs1)N(CCCN1CCOCC1)c1nc2ccccc2s1. The smallest absolute Gasteiger partial charge is 0.252 e. The molecule has 1 fully saturated rings. The predicted octanol–water partition coefficient (Wildman–Crippen LogP) is 4.55. The molecular formula is C21H24ClN3O2S2. The maximum Gasteiger partial charge on any atom is 0.252 e. The number of thiophene rings is 1. The Morgan fingerprint density at radius 2 is 2.03 bits per heavy atom. The molecule has 1 aromatic carbocycles. The summed E-state index contributed by atoms with van der Waals surface area (Å²) in [6.07, 6.45) is 4.45. The second-order valence-electron chi connectivity index (χ2n) is 6.61. The number of thiazole rings is 1. The van der Waals surface area contributed by atoms with E-state index in [0.29, 0.717) is 6.54 Å². The van der Waals surface area contributed by atoms with Crippen LogP contribution >= 0.6 is 35.1 Å². The van der Waals surface area contributed by atoms with Crippen LogP contribution in [0.1, 0.15) is 11.3 Å². The number of halogens is 1. The lowest BCUT2D eigenvalue weighted by Crippen LogP contribution is -2.39. The third kappa shape index (κ3) is 5.87. The lowest BCUT2D eigenvalue weighted by Gasteiger charge is -2.27. The molecular weight excluding hydrogens is 426 g/mol. The second kappa shape index (κ2) is 10.8. The normalized spacial score (nSPS) is 14.9. The fourth-order valence-corrected chi connectivity index (χ4v) is 4.80. The summed E-state index contributed by atoms with van der Waals surface area (Å²) in [6, 6.07) is 12.0. The second-order valence-corrected chi connectivity index (χ2v) is 8.60. The van der Waals surface area contributed by atoms with Gasteiger partial charge in [0.25, 0.3) is 5.91 Å². The van der Waals surface area contributed by atoms with Gasteiger partial charge in [0.05, 0.1) is 23.4 Å². The molecule has 0 bridgehead atoms. The molecule has 1 aliphatic rings. The summed E-state index contributed by atoms with van der Waals surface area (Å²) in [5.41, 5.74) is 0.940. The molecule has 0 unspecified atom stereocenters. The Morgan fingerprint density at radius 3 is 2.79 bits per heavy atom. The van der Waals surface area contributed by atoms with Crippen LogP contribution < -0.4 is 4.90 Å². The van der Waals surface area contributed by atoms with Crippen molar-refractivity contribution >= 4 is 62.4 Å². The first-order chi connectivity index (χ1) is 13.8. The third-order valence-electron chi connectivity index (χ3n) is 4.67. The van der Waals surface area contributed by atoms with E-state index in [4.69, 9.17) is 9.72 Å². The minimum absolute atomic E-state index is 0. The zero-order valence-corrected chi connectivity index (χ0v) is 18.5. The molecule has 4 rings (SSSR count). The number of fused-ring (bicyclic) bond motifs is 1. The standard InChI is InChI=1S/C21H23N3O2S2.ClH/c25-20(9-8-17-5-3-16-27-17)24(11-4-10-23-12-14-26-15-13-23)21-22-18-6-1-2-7-19(18)28-21;/h1-3,5-9,16H,4,10-15H2;1H. The molecule has 0 atom stereocenters. The van der Waals surface area contributed by atoms with Gasteiger partial charge in [0, 0.05) is 37.1 Å². The maximum absolute atomic E-state index is 13.0. The highest BCUT2D eigenvalue weighted by molar-refractivity contribution is 7.22. The Hall–Kier alpha value is -1.77. The first-order valence-corrected chi connectivity index (χ1v) is 11.2. The number of amides is 1. The highest BCUT2D eigenvalue weighted by Gasteiger charge is 2.18. The molecule has 2 aromatic heterocycles. The van der Waals surface area contributed by atoms with Gasteiger partial charge in [-0.2, -0.15) is 0 Å². The number of morpholine rings is 1. The zero-order valence-electron chi connectivity index (χ0n) is 16.0. The van der Waals surface area contributed by atoms with E-state index in [2.05, 4.69) is 4.90 Å². The molecule has 0 saturated carbocycles. The number of ether oxygens (including phenoxy) is 1. The van der Waals surface area contributed by atoms with Crippen LogP contribution in [0, 0.1) is 0 Å². The van der Waals surface area contributed by atoms with Crippen molar-refractivity contribution in [3.63, 3.8) is 0 Å². The summed E-state index contributed by atoms with van der Waals surface area (Å²) in [5, 5.41) is 2.78. The van der Waals surface area contributed by atoms with Crippen molar-refractivity contribution in [2.45, 2.75) is 6.42 Å². The van der Waals surface area contributed by atoms with Crippen LogP contribution in [0.3, 0.4) is 0 Å². The number of carbonyl (C=O) groups is 1. The summed E-state index contributed by atoms with van der Waals surface area (Å²) >= 11 is 3.20. The summed E-state index contributed by atoms with van der Waals surface area (Å²) in [4.78, 5) is 23.0. The van der Waals surface area contributed by atoms with E-state index >= 15 is 0 Å². The van der Waals surface area contributed by atoms with Gasteiger partial charge < -0.3 is 4.74 Å². The van der Waals surface area contributed by atoms with E-state index < -0.39 is 0 Å². The Bertz CT molecular complexity index is 903. The first kappa shape index (κ1) is 21.9. The lowest BCUT2D eigenvalue weighted by molar-refractivity contribution is -0.114. The Morgan fingerprint density at radius 1 is 1.21 bits per heavy atom. The molecule has 3 aromatic rings. The van der Waals surface area contributed by atoms with Gasteiger partial charge in [-0.25, -0.2) is 4.98 Å². The quantitative estimate of drug-likeness (QED) is 0.496. The van der Waals surface area contributed by atoms with Crippen LogP contribution in [0.15, 0.2) is 47.9 Å². The Balaban J connectivity index is 0.00000240. The molecule has 1 aliphatic heterocycles. The summed E-state index contributed by atoms with van der Waals surface area (Å²) in [5.74, 6) is -0.0190. The van der Waals surface area contributed by atoms with Gasteiger partial charge in [-0.15, -0.1) is 23.7 Å². The number of rotatable bonds is 7. The molecule has 154 valence electrons. The van der Waals surface area contributed by atoms with Gasteiger partial charge in [0.1, 0.15) is 0 Å². The van der Waals surface area contributed by atoms with E-state index in [1.165, 1.54) is 0 Å². The minimum Gasteiger partial charge on any atom is -0.379 e. The average Bonchev–Trinajstić information content (AvgIpc) is 3.39. The zero-order chi connectivity index (χ0) is 19.2. The molecule has 29 heavy (non-hydrogen) atoms. The fourth-order valence-electron chi connectivity index (χ4n) is 3.18. The Labute approximate surface area is 185 Å². The first-order valence-electron chi connectivity index (χ1n) is 9.48. The molecule has 5 nitrogen and oxygen atoms in total. The number of nitrogens with zero attached hydrogens (tertiary/aromatic N) is 3. The van der Waals surface area contributed by atoms with Crippen LogP contribution in [0.25, 0.3) is 16.3 Å². The largest absolute Gasteiger partial charge is 0.379 e. The van der Waals surface area contributed by atoms with Crippen LogP contribution in [0.2, 0.25) is 0 Å². The van der Waals surface area contributed by atoms with Gasteiger partial charge in [-0.3, -0.25) is 14.6 Å². The van der Waals surface area contributed by atoms with Crippen LogP contribution in [-0.4, -0.2) is 55.2 Å². The van der Waals surface area contributed by atoms with E-state index in [1.54, 1.807) is 28.7 Å². The van der Waals surface area contributed by atoms with Crippen molar-refractivity contribution < 1.29 is 9.53 Å². The number of carbonyl (C=O) groups excluding carboxylic acids is 1. The minimum atomic E-state index is -0.0190. The summed E-state index contributed by atoms with van der Waals surface area (Å²) in [6.45, 7) is 5.15. The van der Waals surface area contributed by atoms with Gasteiger partial charge in [0.15, 0.2) is 5.13 Å². The van der Waals surface area contributed by atoms with Crippen LogP contribution in [-0.2, 0) is 9.53 Å². The molecule has 3 heterocycles. The van der Waals surface area contributed by atoms with E-state index in [-0.39, 0.29) is 18.3 Å². The van der Waals surface area contributed by atoms with Crippen molar-refractivity contribution in [1.82, 2.24) is 9.88 Å². The molecule has 8 heteroatoms. The highest BCUT2D eigenvalue weighted by atomic mass is 35.5. The van der Waals surface area contributed by atoms with Gasteiger partial charge in [-0.05, 0) is 36.1 Å². The topological polar surface area (TPSA) is 45.7 Å². The van der Waals surface area contributed by atoms with Crippen molar-refractivity contribution in [1.29, 1.82) is 0 Å². The molecule has 0 N–H and O–H groups in total. The highest BCUT2D eigenvalue weighted by Crippen LogP contribution is 2.29. The molecule has 1 saturated heterocycles. The molecule has 0 radical (unpaired) electrons. The number of aromatic nitrogens is 1. The van der Waals surface area contributed by atoms with Gasteiger partial charge in [-0.1, -0.05) is 29.5 Å². The van der Waals surface area contributed by atoms with Crippen molar-refractivity contribution in [2.24, 2.45) is 0 Å². The lowest BCUT2D eigenvalue weighted by atomic mass is 10.3. The molecule has 1 amide bonds. The fraction of sp³-hybridized carbons (Fsp3) is 0.333. The Kier molecular flexibility index (Phi) is 8.20. The monoisotopic (exact) mass is 449 g/mol. The summed E-state index contributed by atoms with van der Waals surface area (Å²) in [7, 11) is 0. The molecule has 0 aliphatic carbocycles. The van der Waals surface area contributed by atoms with Gasteiger partial charge in [0.2, 0.25) is 0 Å². The average molecular weight is 450 g/mol. The number of hydrogen-bond acceptors (Lipinski definition) is 6. The van der Waals surface area contributed by atoms with Crippen molar-refractivity contribution in [3.05, 3.63) is 52.7 Å². The van der Waals surface area contributed by atoms with Crippen molar-refractivity contribution in [2.75, 3.05) is 44.3 Å². The van der Waals surface area contributed by atoms with E-state index in [9.17, 15) is 4.79 Å². The van der Waals surface area contributed by atoms with Crippen LogP contribution in [0.5, 0.6) is 0 Å². The number of hydrogen-bond donors (Lipinski definition) is 0. The summed E-state index contributed by atoms with van der Waals surface area (Å²) < 4.78 is 6.52. The van der Waals surface area contributed by atoms with Crippen LogP contribution in [0.4, 0.5) is 5.13 Å². The number of benzene rings is 1. The van der Waals surface area contributed by atoms with Crippen molar-refractivity contribution in [3.8, 4) is 0 Å². The molecule has 0 spiro atoms. The predicted molar refractivity (Wildman–Crippen MR) is 124 cm³/mol. The number of anilines is 1. The van der Waals surface area contributed by atoms with Gasteiger partial charge >= 0.3 is 0 Å². The maximum atomic E-state index is 13.0. The van der Waals surface area contributed by atoms with E-state index in [0.717, 1.165) is 59.5 Å². The third-order valence-corrected chi connectivity index (χ3v) is 6.57. The number of para-hydroxylation sites is 1.